The molecular formula is C21H28N4O3. The largest absolute Gasteiger partial charge is 0.460 e. The summed E-state index contributed by atoms with van der Waals surface area (Å²) in [4.78, 5) is 31.4. The minimum Gasteiger partial charge on any atom is -0.460 e. The molecule has 0 radical (unpaired) electrons. The number of likely N-dealkylation sites (tertiary alicyclic amines) is 1. The first-order valence-electron chi connectivity index (χ1n) is 9.91. The van der Waals surface area contributed by atoms with Crippen LogP contribution in [0.15, 0.2) is 37.2 Å². The van der Waals surface area contributed by atoms with E-state index in [1.807, 2.05) is 34.1 Å². The van der Waals surface area contributed by atoms with Crippen LogP contribution in [0.5, 0.6) is 0 Å². The summed E-state index contributed by atoms with van der Waals surface area (Å²) in [6.45, 7) is 8.14. The van der Waals surface area contributed by atoms with Crippen molar-refractivity contribution in [1.82, 2.24) is 19.0 Å². The number of ether oxygens (including phenoxy) is 1. The summed E-state index contributed by atoms with van der Waals surface area (Å²) in [6, 6.07) is 1.88. The maximum absolute atomic E-state index is 12.9. The topological polar surface area (TPSA) is 69.4 Å². The van der Waals surface area contributed by atoms with Gasteiger partial charge in [0.15, 0.2) is 0 Å². The number of rotatable bonds is 3. The number of carbonyl (C=O) groups excluding carboxylic acids is 2. The number of carbonyl (C=O) groups is 2. The van der Waals surface area contributed by atoms with Crippen molar-refractivity contribution in [3.05, 3.63) is 42.7 Å². The van der Waals surface area contributed by atoms with E-state index < -0.39 is 5.41 Å². The molecule has 28 heavy (non-hydrogen) atoms. The van der Waals surface area contributed by atoms with Crippen LogP contribution < -0.4 is 0 Å². The van der Waals surface area contributed by atoms with Gasteiger partial charge >= 0.3 is 5.97 Å². The Balaban J connectivity index is 1.38. The monoisotopic (exact) mass is 384 g/mol. The molecule has 2 saturated heterocycles. The molecule has 0 aromatic carbocycles. The molecule has 4 rings (SSSR count). The fourth-order valence-corrected chi connectivity index (χ4v) is 4.24. The molecule has 4 heterocycles. The van der Waals surface area contributed by atoms with E-state index in [1.165, 1.54) is 0 Å². The van der Waals surface area contributed by atoms with Crippen LogP contribution in [0.4, 0.5) is 0 Å². The van der Waals surface area contributed by atoms with Gasteiger partial charge in [0, 0.05) is 49.8 Å². The van der Waals surface area contributed by atoms with Gasteiger partial charge in [-0.25, -0.2) is 4.98 Å². The fourth-order valence-electron chi connectivity index (χ4n) is 4.24. The number of aromatic nitrogens is 3. The lowest BCUT2D eigenvalue weighted by Crippen LogP contribution is -2.45. The molecule has 1 atom stereocenters. The van der Waals surface area contributed by atoms with E-state index in [4.69, 9.17) is 4.74 Å². The maximum atomic E-state index is 12.9. The number of amides is 1. The van der Waals surface area contributed by atoms with Crippen LogP contribution in [0, 0.1) is 5.41 Å². The lowest BCUT2D eigenvalue weighted by Gasteiger charge is -2.36. The van der Waals surface area contributed by atoms with E-state index in [2.05, 4.69) is 30.3 Å². The average Bonchev–Trinajstić information content (AvgIpc) is 3.37. The molecular weight excluding hydrogens is 356 g/mol. The van der Waals surface area contributed by atoms with Crippen molar-refractivity contribution >= 4 is 11.9 Å². The third-order valence-corrected chi connectivity index (χ3v) is 6.02. The molecule has 2 aliphatic heterocycles. The molecule has 0 saturated carbocycles. The first-order chi connectivity index (χ1) is 13.3. The summed E-state index contributed by atoms with van der Waals surface area (Å²) in [5.74, 6) is -0.0669. The van der Waals surface area contributed by atoms with Gasteiger partial charge in [-0.3, -0.25) is 9.59 Å². The Kier molecular flexibility index (Phi) is 4.56. The zero-order valence-electron chi connectivity index (χ0n) is 16.8. The number of imidazole rings is 1. The average molecular weight is 384 g/mol. The number of hydrogen-bond donors (Lipinski definition) is 0. The van der Waals surface area contributed by atoms with Crippen molar-refractivity contribution in [2.75, 3.05) is 13.1 Å². The van der Waals surface area contributed by atoms with Crippen molar-refractivity contribution in [2.24, 2.45) is 5.41 Å². The Hall–Kier alpha value is -2.57. The molecule has 2 fully saturated rings. The second-order valence-electron chi connectivity index (χ2n) is 9.04. The smallest absolute Gasteiger partial charge is 0.312 e. The van der Waals surface area contributed by atoms with Gasteiger partial charge in [-0.1, -0.05) is 0 Å². The first-order valence-corrected chi connectivity index (χ1v) is 9.91. The summed E-state index contributed by atoms with van der Waals surface area (Å²) in [7, 11) is 0. The van der Waals surface area contributed by atoms with Gasteiger partial charge in [0.25, 0.3) is 5.91 Å². The molecule has 150 valence electrons. The summed E-state index contributed by atoms with van der Waals surface area (Å²) in [5, 5.41) is 0. The van der Waals surface area contributed by atoms with E-state index in [0.717, 1.165) is 0 Å². The Labute approximate surface area is 165 Å². The zero-order chi connectivity index (χ0) is 19.9. The molecule has 1 unspecified atom stereocenters. The van der Waals surface area contributed by atoms with Crippen LogP contribution in [-0.2, 0) is 21.6 Å². The van der Waals surface area contributed by atoms with E-state index in [9.17, 15) is 9.59 Å². The first kappa shape index (κ1) is 18.8. The standard InChI is InChI=1S/C21H28N4O3/c1-20(2,3)25-8-4-16(13-25)18(26)24-9-5-21(6-10-24)12-17(28-19(21)27)14-23-11-7-22-15-23/h4,7-8,11,13,15,17H,5-6,9-10,12,14H2,1-3H3. The molecule has 0 aliphatic carbocycles. The van der Waals surface area contributed by atoms with Crippen molar-refractivity contribution in [1.29, 1.82) is 0 Å². The summed E-state index contributed by atoms with van der Waals surface area (Å²) in [5.41, 5.74) is 0.208. The number of hydrogen-bond acceptors (Lipinski definition) is 4. The van der Waals surface area contributed by atoms with Gasteiger partial charge in [0.2, 0.25) is 0 Å². The van der Waals surface area contributed by atoms with Crippen molar-refractivity contribution in [2.45, 2.75) is 58.2 Å². The second-order valence-corrected chi connectivity index (χ2v) is 9.04. The summed E-state index contributed by atoms with van der Waals surface area (Å²) >= 11 is 0. The predicted molar refractivity (Wildman–Crippen MR) is 104 cm³/mol. The third kappa shape index (κ3) is 3.45. The van der Waals surface area contributed by atoms with Gasteiger partial charge in [0.05, 0.1) is 23.9 Å². The predicted octanol–water partition coefficient (Wildman–Crippen LogP) is 2.68. The lowest BCUT2D eigenvalue weighted by atomic mass is 9.76. The van der Waals surface area contributed by atoms with E-state index in [1.54, 1.807) is 12.5 Å². The van der Waals surface area contributed by atoms with Gasteiger partial charge in [-0.2, -0.15) is 0 Å². The highest BCUT2D eigenvalue weighted by Crippen LogP contribution is 2.43. The molecule has 2 aromatic rings. The molecule has 2 aromatic heterocycles. The summed E-state index contributed by atoms with van der Waals surface area (Å²) < 4.78 is 9.65. The Morgan fingerprint density at radius 1 is 1.29 bits per heavy atom. The van der Waals surface area contributed by atoms with Crippen LogP contribution in [0.3, 0.4) is 0 Å². The van der Waals surface area contributed by atoms with Crippen LogP contribution in [-0.4, -0.2) is 50.1 Å². The number of cyclic esters (lactones) is 1. The van der Waals surface area contributed by atoms with E-state index >= 15 is 0 Å². The van der Waals surface area contributed by atoms with Crippen LogP contribution >= 0.6 is 0 Å². The van der Waals surface area contributed by atoms with E-state index in [0.29, 0.717) is 44.5 Å². The Bertz CT molecular complexity index is 855. The lowest BCUT2D eigenvalue weighted by molar-refractivity contribution is -0.150. The Morgan fingerprint density at radius 3 is 2.64 bits per heavy atom. The van der Waals surface area contributed by atoms with Crippen LogP contribution in [0.25, 0.3) is 0 Å². The minimum atomic E-state index is -0.445. The molecule has 7 heteroatoms. The van der Waals surface area contributed by atoms with Gasteiger partial charge in [0.1, 0.15) is 6.10 Å². The van der Waals surface area contributed by atoms with Crippen LogP contribution in [0.1, 0.15) is 50.4 Å². The summed E-state index contributed by atoms with van der Waals surface area (Å²) in [6.07, 6.45) is 11.1. The van der Waals surface area contributed by atoms with Crippen molar-refractivity contribution in [3.8, 4) is 0 Å². The maximum Gasteiger partial charge on any atom is 0.312 e. The zero-order valence-corrected chi connectivity index (χ0v) is 16.8. The van der Waals surface area contributed by atoms with E-state index in [-0.39, 0.29) is 23.5 Å². The van der Waals surface area contributed by atoms with Gasteiger partial charge < -0.3 is 18.8 Å². The van der Waals surface area contributed by atoms with Gasteiger partial charge in [-0.05, 0) is 39.7 Å². The molecule has 1 spiro atoms. The molecule has 1 amide bonds. The minimum absolute atomic E-state index is 0.0409. The van der Waals surface area contributed by atoms with Crippen molar-refractivity contribution in [3.63, 3.8) is 0 Å². The number of esters is 1. The quantitative estimate of drug-likeness (QED) is 0.763. The highest BCUT2D eigenvalue weighted by atomic mass is 16.6. The molecule has 7 nitrogen and oxygen atoms in total. The molecule has 2 aliphatic rings. The fraction of sp³-hybridized carbons (Fsp3) is 0.571. The second kappa shape index (κ2) is 6.79. The van der Waals surface area contributed by atoms with Crippen molar-refractivity contribution < 1.29 is 14.3 Å². The Morgan fingerprint density at radius 2 is 2.04 bits per heavy atom. The normalized spacial score (nSPS) is 21.9. The highest BCUT2D eigenvalue weighted by Gasteiger charge is 2.50. The number of nitrogens with zero attached hydrogens (tertiary/aromatic N) is 4. The van der Waals surface area contributed by atoms with Gasteiger partial charge in [-0.15, -0.1) is 0 Å². The number of piperidine rings is 1. The third-order valence-electron chi connectivity index (χ3n) is 6.02. The molecule has 0 bridgehead atoms. The molecule has 0 N–H and O–H groups in total. The SMILES string of the molecule is CC(C)(C)n1ccc(C(=O)N2CCC3(CC2)CC(Cn2ccnc2)OC3=O)c1. The highest BCUT2D eigenvalue weighted by molar-refractivity contribution is 5.94. The van der Waals surface area contributed by atoms with Crippen LogP contribution in [0.2, 0.25) is 0 Å².